The summed E-state index contributed by atoms with van der Waals surface area (Å²) in [6.45, 7) is 4.98. The Morgan fingerprint density at radius 2 is 1.74 bits per heavy atom. The number of piperidine rings is 1. The molecule has 0 bridgehead atoms. The van der Waals surface area contributed by atoms with Gasteiger partial charge >= 0.3 is 0 Å². The van der Waals surface area contributed by atoms with E-state index in [1.807, 2.05) is 30.3 Å². The van der Waals surface area contributed by atoms with Gasteiger partial charge in [0.25, 0.3) is 0 Å². The first-order chi connectivity index (χ1) is 23.0. The van der Waals surface area contributed by atoms with Gasteiger partial charge in [-0.25, -0.2) is 15.0 Å². The van der Waals surface area contributed by atoms with Gasteiger partial charge in [0.2, 0.25) is 0 Å². The normalized spacial score (nSPS) is 17.5. The molecule has 9 nitrogen and oxygen atoms in total. The van der Waals surface area contributed by atoms with E-state index in [0.29, 0.717) is 23.1 Å². The van der Waals surface area contributed by atoms with Crippen molar-refractivity contribution in [2.24, 2.45) is 5.41 Å². The molecule has 0 unspecified atom stereocenters. The molecular weight excluding hydrogens is 586 g/mol. The Hall–Kier alpha value is -5.28. The monoisotopic (exact) mass is 623 g/mol. The summed E-state index contributed by atoms with van der Waals surface area (Å²) in [7, 11) is 0. The second-order valence-corrected chi connectivity index (χ2v) is 13.0. The van der Waals surface area contributed by atoms with Gasteiger partial charge < -0.3 is 15.7 Å². The predicted octanol–water partition coefficient (Wildman–Crippen LogP) is 6.42. The predicted molar refractivity (Wildman–Crippen MR) is 186 cm³/mol. The maximum atomic E-state index is 11.1. The van der Waals surface area contributed by atoms with E-state index in [0.717, 1.165) is 104 Å². The Morgan fingerprint density at radius 3 is 2.47 bits per heavy atom. The Morgan fingerprint density at radius 1 is 0.936 bits per heavy atom. The zero-order valence-corrected chi connectivity index (χ0v) is 26.2. The fourth-order valence-corrected chi connectivity index (χ4v) is 7.24. The lowest BCUT2D eigenvalue weighted by Crippen LogP contribution is -2.60. The van der Waals surface area contributed by atoms with Gasteiger partial charge in [-0.3, -0.25) is 14.3 Å². The first-order valence-corrected chi connectivity index (χ1v) is 16.3. The Balaban J connectivity index is 0.996. The number of hydrogen-bond acceptors (Lipinski definition) is 8. The van der Waals surface area contributed by atoms with E-state index in [1.54, 1.807) is 18.3 Å². The molecule has 3 N–H and O–H groups in total. The molecule has 0 radical (unpaired) electrons. The number of fused-ring (bicyclic) bond motifs is 1. The van der Waals surface area contributed by atoms with Crippen molar-refractivity contribution in [1.82, 2.24) is 24.4 Å². The molecule has 2 aromatic carbocycles. The standard InChI is InChI=1S/C38H37N7O2/c39-35-31(7-4-18-40-35)36-42-33-15-14-32(27-5-2-1-3-6-27)41-37(33)45(36)29-11-8-26(9-12-29)22-43-19-16-38(17-20-43)24-44(25-38)30-13-10-28(23-46)34(47)21-30/h2,4-15,18,21,23,47H,1,3,16-17,19-20,22,24-25H2,(H2,39,40). The number of benzene rings is 2. The largest absolute Gasteiger partial charge is 0.507 e. The third-order valence-electron chi connectivity index (χ3n) is 9.95. The van der Waals surface area contributed by atoms with Crippen LogP contribution in [0.1, 0.15) is 47.3 Å². The van der Waals surface area contributed by atoms with Crippen LogP contribution in [0.4, 0.5) is 11.5 Å². The van der Waals surface area contributed by atoms with Crippen LogP contribution in [0.5, 0.6) is 5.75 Å². The zero-order chi connectivity index (χ0) is 32.0. The molecule has 3 aromatic heterocycles. The number of nitrogens with two attached hydrogens (primary N) is 1. The van der Waals surface area contributed by atoms with Crippen molar-refractivity contribution in [1.29, 1.82) is 0 Å². The van der Waals surface area contributed by atoms with Crippen LogP contribution in [-0.2, 0) is 6.54 Å². The number of nitrogen functional groups attached to an aromatic ring is 1. The number of carbonyl (C=O) groups excluding carboxylic acids is 1. The molecule has 0 saturated carbocycles. The molecule has 0 atom stereocenters. The summed E-state index contributed by atoms with van der Waals surface area (Å²) in [5.41, 5.74) is 14.7. The quantitative estimate of drug-likeness (QED) is 0.200. The van der Waals surface area contributed by atoms with Crippen molar-refractivity contribution >= 4 is 34.5 Å². The fourth-order valence-electron chi connectivity index (χ4n) is 7.24. The zero-order valence-electron chi connectivity index (χ0n) is 26.2. The number of pyridine rings is 2. The highest BCUT2D eigenvalue weighted by atomic mass is 16.3. The van der Waals surface area contributed by atoms with E-state index in [9.17, 15) is 9.90 Å². The number of nitrogens with zero attached hydrogens (tertiary/aromatic N) is 6. The van der Waals surface area contributed by atoms with Crippen molar-refractivity contribution in [2.75, 3.05) is 36.8 Å². The fraction of sp³-hybridized carbons (Fsp3) is 0.263. The summed E-state index contributed by atoms with van der Waals surface area (Å²) in [6, 6.07) is 22.0. The second kappa shape index (κ2) is 11.8. The first kappa shape index (κ1) is 29.1. The molecule has 2 saturated heterocycles. The van der Waals surface area contributed by atoms with Crippen LogP contribution >= 0.6 is 0 Å². The van der Waals surface area contributed by atoms with E-state index >= 15 is 0 Å². The number of likely N-dealkylation sites (tertiary alicyclic amines) is 1. The molecular formula is C38H37N7O2. The number of anilines is 2. The number of carbonyl (C=O) groups is 1. The van der Waals surface area contributed by atoms with Crippen LogP contribution in [0, 0.1) is 5.41 Å². The number of aromatic hydroxyl groups is 1. The molecule has 0 amide bonds. The van der Waals surface area contributed by atoms with E-state index in [-0.39, 0.29) is 5.75 Å². The highest BCUT2D eigenvalue weighted by Gasteiger charge is 2.44. The molecule has 5 aromatic rings. The Kier molecular flexibility index (Phi) is 7.33. The van der Waals surface area contributed by atoms with Crippen LogP contribution in [0.3, 0.4) is 0 Å². The molecule has 2 aliphatic heterocycles. The lowest BCUT2D eigenvalue weighted by atomic mass is 9.71. The highest BCUT2D eigenvalue weighted by molar-refractivity contribution is 5.85. The SMILES string of the molecule is Nc1ncccc1-c1nc2ccc(C3=CCCC=C3)nc2n1-c1ccc(CN2CCC3(CC2)CN(c2ccc(C=O)c(O)c2)C3)cc1. The molecule has 9 heteroatoms. The van der Waals surface area contributed by atoms with Gasteiger partial charge in [0.1, 0.15) is 17.1 Å². The number of rotatable bonds is 7. The summed E-state index contributed by atoms with van der Waals surface area (Å²) in [4.78, 5) is 30.3. The Labute approximate surface area is 273 Å². The molecule has 236 valence electrons. The summed E-state index contributed by atoms with van der Waals surface area (Å²) >= 11 is 0. The minimum absolute atomic E-state index is 0.0495. The smallest absolute Gasteiger partial charge is 0.165 e. The van der Waals surface area contributed by atoms with E-state index in [4.69, 9.17) is 15.7 Å². The molecule has 5 heterocycles. The average molecular weight is 624 g/mol. The highest BCUT2D eigenvalue weighted by Crippen LogP contribution is 2.43. The summed E-state index contributed by atoms with van der Waals surface area (Å²) in [6.07, 6.45) is 13.4. The summed E-state index contributed by atoms with van der Waals surface area (Å²) < 4.78 is 2.10. The van der Waals surface area contributed by atoms with Gasteiger partial charge in [0.05, 0.1) is 16.8 Å². The van der Waals surface area contributed by atoms with Crippen LogP contribution in [0.25, 0.3) is 33.8 Å². The number of hydrogen-bond donors (Lipinski definition) is 2. The maximum Gasteiger partial charge on any atom is 0.165 e. The van der Waals surface area contributed by atoms with Crippen LogP contribution in [0.15, 0.2) is 91.2 Å². The second-order valence-electron chi connectivity index (χ2n) is 13.0. The van der Waals surface area contributed by atoms with Crippen molar-refractivity contribution in [3.05, 3.63) is 108 Å². The Bertz CT molecular complexity index is 2030. The van der Waals surface area contributed by atoms with E-state index < -0.39 is 0 Å². The first-order valence-electron chi connectivity index (χ1n) is 16.3. The van der Waals surface area contributed by atoms with Crippen LogP contribution in [0.2, 0.25) is 0 Å². The van der Waals surface area contributed by atoms with Gasteiger partial charge in [-0.2, -0.15) is 0 Å². The van der Waals surface area contributed by atoms with Crippen molar-refractivity contribution in [2.45, 2.75) is 32.2 Å². The van der Waals surface area contributed by atoms with Crippen LogP contribution < -0.4 is 10.6 Å². The third kappa shape index (κ3) is 5.46. The number of phenols is 1. The van der Waals surface area contributed by atoms with Gasteiger partial charge in [-0.1, -0.05) is 30.4 Å². The molecule has 1 spiro atoms. The summed E-state index contributed by atoms with van der Waals surface area (Å²) in [5, 5.41) is 10.1. The molecule has 8 rings (SSSR count). The van der Waals surface area contributed by atoms with E-state index in [2.05, 4.69) is 61.8 Å². The van der Waals surface area contributed by atoms with Gasteiger partial charge in [-0.05, 0) is 98.4 Å². The maximum absolute atomic E-state index is 11.1. The molecule has 2 fully saturated rings. The van der Waals surface area contributed by atoms with Gasteiger partial charge in [0.15, 0.2) is 17.8 Å². The molecule has 1 aliphatic carbocycles. The molecule has 47 heavy (non-hydrogen) atoms. The number of imidazole rings is 1. The number of phenolic OH excluding ortho intramolecular Hbond substituents is 1. The number of aromatic nitrogens is 4. The van der Waals surface area contributed by atoms with E-state index in [1.165, 1.54) is 5.56 Å². The number of allylic oxidation sites excluding steroid dienone is 4. The van der Waals surface area contributed by atoms with Crippen molar-refractivity contribution in [3.8, 4) is 22.8 Å². The minimum atomic E-state index is 0.0495. The number of aldehydes is 1. The van der Waals surface area contributed by atoms with Gasteiger partial charge in [-0.15, -0.1) is 0 Å². The third-order valence-corrected chi connectivity index (χ3v) is 9.95. The summed E-state index contributed by atoms with van der Waals surface area (Å²) in [5.74, 6) is 1.21. The average Bonchev–Trinajstić information content (AvgIpc) is 3.47. The van der Waals surface area contributed by atoms with Crippen molar-refractivity contribution < 1.29 is 9.90 Å². The van der Waals surface area contributed by atoms with Crippen LogP contribution in [-0.4, -0.2) is 62.0 Å². The minimum Gasteiger partial charge on any atom is -0.507 e. The lowest BCUT2D eigenvalue weighted by Gasteiger charge is -2.55. The topological polar surface area (TPSA) is 113 Å². The molecule has 3 aliphatic rings. The van der Waals surface area contributed by atoms with Crippen molar-refractivity contribution in [3.63, 3.8) is 0 Å². The lowest BCUT2D eigenvalue weighted by molar-refractivity contribution is 0.0724. The van der Waals surface area contributed by atoms with Gasteiger partial charge in [0, 0.05) is 48.7 Å².